The van der Waals surface area contributed by atoms with E-state index < -0.39 is 11.8 Å². The Bertz CT molecular complexity index is 543. The van der Waals surface area contributed by atoms with E-state index in [1.165, 1.54) is 12.1 Å². The van der Waals surface area contributed by atoms with Crippen LogP contribution >= 0.6 is 0 Å². The molecule has 0 aliphatic carbocycles. The molecule has 17 heavy (non-hydrogen) atoms. The molecule has 0 spiro atoms. The Hall–Kier alpha value is -2.43. The van der Waals surface area contributed by atoms with E-state index in [0.29, 0.717) is 11.4 Å². The van der Waals surface area contributed by atoms with Crippen LogP contribution < -0.4 is 5.32 Å². The molecule has 1 aromatic carbocycles. The summed E-state index contributed by atoms with van der Waals surface area (Å²) < 4.78 is 13.1. The summed E-state index contributed by atoms with van der Waals surface area (Å²) in [5, 5.41) is 11.7. The maximum absolute atomic E-state index is 13.1. The molecule has 5 heteroatoms. The van der Waals surface area contributed by atoms with E-state index in [0.717, 1.165) is 6.07 Å². The van der Waals surface area contributed by atoms with Gasteiger partial charge in [0.2, 0.25) is 0 Å². The van der Waals surface area contributed by atoms with Gasteiger partial charge in [0, 0.05) is 11.9 Å². The molecule has 0 radical (unpaired) electrons. The number of hydrogen-bond donors (Lipinski definition) is 2. The van der Waals surface area contributed by atoms with Crippen molar-refractivity contribution in [1.82, 2.24) is 4.98 Å². The number of aromatic carboxylic acids is 1. The lowest BCUT2D eigenvalue weighted by Gasteiger charge is -2.06. The van der Waals surface area contributed by atoms with Gasteiger partial charge in [-0.1, -0.05) is 0 Å². The summed E-state index contributed by atoms with van der Waals surface area (Å²) in [5.74, 6) is -2.05. The highest BCUT2D eigenvalue weighted by Crippen LogP contribution is 2.18. The third-order valence-electron chi connectivity index (χ3n) is 2.15. The van der Waals surface area contributed by atoms with Crippen molar-refractivity contribution >= 4 is 17.3 Å². The second kappa shape index (κ2) is 4.61. The van der Waals surface area contributed by atoms with Gasteiger partial charge in [-0.3, -0.25) is 4.98 Å². The number of aromatic nitrogens is 1. The first-order valence-corrected chi connectivity index (χ1v) is 4.87. The SMILES string of the molecule is O=C(O)c1cc(Nc2cccnc2)ccc1F. The van der Waals surface area contributed by atoms with Crippen LogP contribution in [-0.2, 0) is 0 Å². The van der Waals surface area contributed by atoms with E-state index in [1.54, 1.807) is 24.5 Å². The summed E-state index contributed by atoms with van der Waals surface area (Å²) in [5.41, 5.74) is 0.839. The number of carbonyl (C=O) groups is 1. The molecule has 4 nitrogen and oxygen atoms in total. The number of hydrogen-bond acceptors (Lipinski definition) is 3. The van der Waals surface area contributed by atoms with Gasteiger partial charge in [-0.15, -0.1) is 0 Å². The van der Waals surface area contributed by atoms with Crippen LogP contribution in [0, 0.1) is 5.82 Å². The second-order valence-corrected chi connectivity index (χ2v) is 3.37. The molecular formula is C12H9FN2O2. The van der Waals surface area contributed by atoms with E-state index >= 15 is 0 Å². The first kappa shape index (κ1) is 11.1. The number of rotatable bonds is 3. The van der Waals surface area contributed by atoms with Crippen molar-refractivity contribution in [2.75, 3.05) is 5.32 Å². The van der Waals surface area contributed by atoms with Crippen LogP contribution in [0.1, 0.15) is 10.4 Å². The third-order valence-corrected chi connectivity index (χ3v) is 2.15. The number of halogens is 1. The molecule has 0 unspecified atom stereocenters. The zero-order valence-electron chi connectivity index (χ0n) is 8.72. The van der Waals surface area contributed by atoms with E-state index in [4.69, 9.17) is 5.11 Å². The summed E-state index contributed by atoms with van der Waals surface area (Å²) in [4.78, 5) is 14.6. The second-order valence-electron chi connectivity index (χ2n) is 3.37. The summed E-state index contributed by atoms with van der Waals surface area (Å²) in [7, 11) is 0. The topological polar surface area (TPSA) is 62.2 Å². The van der Waals surface area contributed by atoms with Crippen molar-refractivity contribution in [2.24, 2.45) is 0 Å². The van der Waals surface area contributed by atoms with Crippen LogP contribution in [0.4, 0.5) is 15.8 Å². The lowest BCUT2D eigenvalue weighted by atomic mass is 10.2. The molecule has 2 aromatic rings. The van der Waals surface area contributed by atoms with Gasteiger partial charge >= 0.3 is 5.97 Å². The van der Waals surface area contributed by atoms with E-state index in [9.17, 15) is 9.18 Å². The molecule has 0 saturated heterocycles. The van der Waals surface area contributed by atoms with Crippen LogP contribution in [0.15, 0.2) is 42.7 Å². The summed E-state index contributed by atoms with van der Waals surface area (Å²) >= 11 is 0. The average molecular weight is 232 g/mol. The molecule has 86 valence electrons. The van der Waals surface area contributed by atoms with Crippen LogP contribution in [-0.4, -0.2) is 16.1 Å². The van der Waals surface area contributed by atoms with Crippen molar-refractivity contribution in [3.8, 4) is 0 Å². The highest BCUT2D eigenvalue weighted by Gasteiger charge is 2.10. The van der Waals surface area contributed by atoms with Crippen molar-refractivity contribution in [3.05, 3.63) is 54.1 Å². The number of anilines is 2. The molecule has 0 atom stereocenters. The lowest BCUT2D eigenvalue weighted by Crippen LogP contribution is -2.01. The van der Waals surface area contributed by atoms with Crippen molar-refractivity contribution < 1.29 is 14.3 Å². The largest absolute Gasteiger partial charge is 0.478 e. The summed E-state index contributed by atoms with van der Waals surface area (Å²) in [6, 6.07) is 7.34. The Morgan fingerprint density at radius 3 is 2.76 bits per heavy atom. The van der Waals surface area contributed by atoms with E-state index in [-0.39, 0.29) is 5.56 Å². The molecular weight excluding hydrogens is 223 g/mol. The van der Waals surface area contributed by atoms with Gasteiger partial charge in [0.1, 0.15) is 5.82 Å². The van der Waals surface area contributed by atoms with Gasteiger partial charge < -0.3 is 10.4 Å². The Morgan fingerprint density at radius 2 is 2.12 bits per heavy atom. The highest BCUT2D eigenvalue weighted by molar-refractivity contribution is 5.89. The fourth-order valence-electron chi connectivity index (χ4n) is 1.37. The first-order chi connectivity index (χ1) is 8.16. The Balaban J connectivity index is 2.29. The van der Waals surface area contributed by atoms with Crippen LogP contribution in [0.3, 0.4) is 0 Å². The quantitative estimate of drug-likeness (QED) is 0.853. The highest BCUT2D eigenvalue weighted by atomic mass is 19.1. The molecule has 0 bridgehead atoms. The fourth-order valence-corrected chi connectivity index (χ4v) is 1.37. The maximum Gasteiger partial charge on any atom is 0.338 e. The maximum atomic E-state index is 13.1. The van der Waals surface area contributed by atoms with Crippen molar-refractivity contribution in [3.63, 3.8) is 0 Å². The van der Waals surface area contributed by atoms with Crippen LogP contribution in [0.25, 0.3) is 0 Å². The Labute approximate surface area is 96.7 Å². The molecule has 2 rings (SSSR count). The van der Waals surface area contributed by atoms with E-state index in [2.05, 4.69) is 10.3 Å². The number of carboxylic acids is 1. The predicted molar refractivity (Wildman–Crippen MR) is 60.9 cm³/mol. The molecule has 0 aliphatic rings. The third kappa shape index (κ3) is 2.57. The minimum Gasteiger partial charge on any atom is -0.478 e. The standard InChI is InChI=1S/C12H9FN2O2/c13-11-4-3-8(6-10(11)12(16)17)15-9-2-1-5-14-7-9/h1-7,15H,(H,16,17). The van der Waals surface area contributed by atoms with E-state index in [1.807, 2.05) is 0 Å². The van der Waals surface area contributed by atoms with Gasteiger partial charge in [-0.2, -0.15) is 0 Å². The molecule has 1 heterocycles. The molecule has 1 aromatic heterocycles. The molecule has 0 aliphatic heterocycles. The van der Waals surface area contributed by atoms with Gasteiger partial charge in [-0.25, -0.2) is 9.18 Å². The van der Waals surface area contributed by atoms with Gasteiger partial charge in [0.25, 0.3) is 0 Å². The van der Waals surface area contributed by atoms with Crippen LogP contribution in [0.2, 0.25) is 0 Å². The minimum absolute atomic E-state index is 0.362. The summed E-state index contributed by atoms with van der Waals surface area (Å²) in [6.07, 6.45) is 3.21. The molecule has 2 N–H and O–H groups in total. The Kier molecular flexibility index (Phi) is 3.00. The van der Waals surface area contributed by atoms with Crippen molar-refractivity contribution in [2.45, 2.75) is 0 Å². The first-order valence-electron chi connectivity index (χ1n) is 4.87. The van der Waals surface area contributed by atoms with Crippen LogP contribution in [0.5, 0.6) is 0 Å². The Morgan fingerprint density at radius 1 is 1.29 bits per heavy atom. The summed E-state index contributed by atoms with van der Waals surface area (Å²) in [6.45, 7) is 0. The van der Waals surface area contributed by atoms with Crippen molar-refractivity contribution in [1.29, 1.82) is 0 Å². The average Bonchev–Trinajstić information content (AvgIpc) is 2.32. The van der Waals surface area contributed by atoms with Gasteiger partial charge in [0.05, 0.1) is 17.4 Å². The normalized spacial score (nSPS) is 9.94. The van der Waals surface area contributed by atoms with Gasteiger partial charge in [-0.05, 0) is 30.3 Å². The predicted octanol–water partition coefficient (Wildman–Crippen LogP) is 2.66. The number of carboxylic acid groups (broad SMARTS) is 1. The number of nitrogens with one attached hydrogen (secondary N) is 1. The monoisotopic (exact) mass is 232 g/mol. The number of benzene rings is 1. The fraction of sp³-hybridized carbons (Fsp3) is 0. The molecule has 0 fully saturated rings. The molecule has 0 amide bonds. The minimum atomic E-state index is -1.29. The lowest BCUT2D eigenvalue weighted by molar-refractivity contribution is 0.0692. The van der Waals surface area contributed by atoms with Gasteiger partial charge in [0.15, 0.2) is 0 Å². The molecule has 0 saturated carbocycles. The zero-order chi connectivity index (χ0) is 12.3. The number of pyridine rings is 1. The number of nitrogens with zero attached hydrogens (tertiary/aromatic N) is 1. The zero-order valence-corrected chi connectivity index (χ0v) is 8.72. The smallest absolute Gasteiger partial charge is 0.338 e.